The SMILES string of the molecule is CCCN1CCCC(C(=O)c2ccc(Cl)cc2)C1. The number of likely N-dealkylation sites (tertiary alicyclic amines) is 1. The topological polar surface area (TPSA) is 20.3 Å². The molecular weight excluding hydrogens is 246 g/mol. The van der Waals surface area contributed by atoms with Crippen LogP contribution in [0.1, 0.15) is 36.5 Å². The smallest absolute Gasteiger partial charge is 0.167 e. The van der Waals surface area contributed by atoms with E-state index < -0.39 is 0 Å². The molecule has 0 radical (unpaired) electrons. The van der Waals surface area contributed by atoms with Crippen LogP contribution in [0.2, 0.25) is 5.02 Å². The Morgan fingerprint density at radius 2 is 2.11 bits per heavy atom. The number of piperidine rings is 1. The van der Waals surface area contributed by atoms with E-state index in [1.54, 1.807) is 12.1 Å². The van der Waals surface area contributed by atoms with Crippen LogP contribution >= 0.6 is 11.6 Å². The van der Waals surface area contributed by atoms with E-state index in [0.717, 1.165) is 44.5 Å². The monoisotopic (exact) mass is 265 g/mol. The summed E-state index contributed by atoms with van der Waals surface area (Å²) < 4.78 is 0. The van der Waals surface area contributed by atoms with Crippen LogP contribution in [0.5, 0.6) is 0 Å². The Morgan fingerprint density at radius 3 is 2.78 bits per heavy atom. The van der Waals surface area contributed by atoms with Crippen molar-refractivity contribution in [2.75, 3.05) is 19.6 Å². The maximum atomic E-state index is 12.4. The van der Waals surface area contributed by atoms with Crippen LogP contribution in [-0.2, 0) is 0 Å². The van der Waals surface area contributed by atoms with Gasteiger partial charge in [0.05, 0.1) is 0 Å². The first-order valence-corrected chi connectivity index (χ1v) is 7.10. The minimum Gasteiger partial charge on any atom is -0.303 e. The zero-order valence-corrected chi connectivity index (χ0v) is 11.6. The molecule has 2 rings (SSSR count). The van der Waals surface area contributed by atoms with Crippen molar-refractivity contribution in [2.24, 2.45) is 5.92 Å². The second-order valence-corrected chi connectivity index (χ2v) is 5.45. The lowest BCUT2D eigenvalue weighted by molar-refractivity contribution is 0.0820. The molecule has 0 saturated carbocycles. The molecule has 2 nitrogen and oxygen atoms in total. The van der Waals surface area contributed by atoms with Crippen molar-refractivity contribution in [3.63, 3.8) is 0 Å². The van der Waals surface area contributed by atoms with Gasteiger partial charge in [0.2, 0.25) is 0 Å². The van der Waals surface area contributed by atoms with Crippen LogP contribution in [0, 0.1) is 5.92 Å². The van der Waals surface area contributed by atoms with E-state index in [-0.39, 0.29) is 11.7 Å². The van der Waals surface area contributed by atoms with Crippen molar-refractivity contribution in [3.05, 3.63) is 34.9 Å². The van der Waals surface area contributed by atoms with E-state index in [2.05, 4.69) is 11.8 Å². The van der Waals surface area contributed by atoms with Crippen LogP contribution in [0.3, 0.4) is 0 Å². The van der Waals surface area contributed by atoms with Gasteiger partial charge in [0.25, 0.3) is 0 Å². The van der Waals surface area contributed by atoms with Gasteiger partial charge < -0.3 is 4.90 Å². The maximum Gasteiger partial charge on any atom is 0.167 e. The number of hydrogen-bond donors (Lipinski definition) is 0. The predicted molar refractivity (Wildman–Crippen MR) is 75.2 cm³/mol. The predicted octanol–water partition coefficient (Wildman–Crippen LogP) is 3.64. The summed E-state index contributed by atoms with van der Waals surface area (Å²) in [6, 6.07) is 7.26. The second-order valence-electron chi connectivity index (χ2n) is 5.01. The number of carbonyl (C=O) groups excluding carboxylic acids is 1. The van der Waals surface area contributed by atoms with E-state index in [0.29, 0.717) is 5.02 Å². The first kappa shape index (κ1) is 13.6. The molecule has 18 heavy (non-hydrogen) atoms. The van der Waals surface area contributed by atoms with Gasteiger partial charge in [-0.1, -0.05) is 18.5 Å². The Hall–Kier alpha value is -0.860. The Morgan fingerprint density at radius 1 is 1.39 bits per heavy atom. The van der Waals surface area contributed by atoms with Crippen molar-refractivity contribution in [3.8, 4) is 0 Å². The summed E-state index contributed by atoms with van der Waals surface area (Å²) in [5.41, 5.74) is 0.794. The Balaban J connectivity index is 2.02. The average molecular weight is 266 g/mol. The fourth-order valence-electron chi connectivity index (χ4n) is 2.64. The molecule has 0 spiro atoms. The van der Waals surface area contributed by atoms with Gasteiger partial charge >= 0.3 is 0 Å². The van der Waals surface area contributed by atoms with Gasteiger partial charge in [-0.05, 0) is 56.6 Å². The van der Waals surface area contributed by atoms with Crippen LogP contribution < -0.4 is 0 Å². The number of hydrogen-bond acceptors (Lipinski definition) is 2. The number of ketones is 1. The van der Waals surface area contributed by atoms with Crippen LogP contribution in [0.15, 0.2) is 24.3 Å². The largest absolute Gasteiger partial charge is 0.303 e. The van der Waals surface area contributed by atoms with Crippen LogP contribution in [0.25, 0.3) is 0 Å². The van der Waals surface area contributed by atoms with Crippen molar-refractivity contribution in [2.45, 2.75) is 26.2 Å². The molecule has 1 saturated heterocycles. The van der Waals surface area contributed by atoms with Gasteiger partial charge in [0.1, 0.15) is 0 Å². The Kier molecular flexibility index (Phi) is 4.79. The molecule has 1 unspecified atom stereocenters. The number of rotatable bonds is 4. The van der Waals surface area contributed by atoms with E-state index in [4.69, 9.17) is 11.6 Å². The number of nitrogens with zero attached hydrogens (tertiary/aromatic N) is 1. The summed E-state index contributed by atoms with van der Waals surface area (Å²) in [5, 5.41) is 0.683. The first-order chi connectivity index (χ1) is 8.70. The van der Waals surface area contributed by atoms with E-state index in [9.17, 15) is 4.79 Å². The molecule has 1 fully saturated rings. The highest BCUT2D eigenvalue weighted by molar-refractivity contribution is 6.30. The van der Waals surface area contributed by atoms with Gasteiger partial charge in [-0.25, -0.2) is 0 Å². The number of benzene rings is 1. The standard InChI is InChI=1S/C15H20ClNO/c1-2-9-17-10-3-4-13(11-17)15(18)12-5-7-14(16)8-6-12/h5-8,13H,2-4,9-11H2,1H3. The molecule has 1 aromatic carbocycles. The van der Waals surface area contributed by atoms with Gasteiger partial charge in [-0.2, -0.15) is 0 Å². The Bertz CT molecular complexity index is 399. The third-order valence-electron chi connectivity index (χ3n) is 3.54. The highest BCUT2D eigenvalue weighted by atomic mass is 35.5. The first-order valence-electron chi connectivity index (χ1n) is 6.73. The molecule has 3 heteroatoms. The van der Waals surface area contributed by atoms with Crippen molar-refractivity contribution in [1.29, 1.82) is 0 Å². The van der Waals surface area contributed by atoms with E-state index in [1.807, 2.05) is 12.1 Å². The van der Waals surface area contributed by atoms with E-state index >= 15 is 0 Å². The molecule has 0 aliphatic carbocycles. The molecular formula is C15H20ClNO. The average Bonchev–Trinajstić information content (AvgIpc) is 2.39. The quantitative estimate of drug-likeness (QED) is 0.775. The summed E-state index contributed by atoms with van der Waals surface area (Å²) in [6.45, 7) is 5.34. The van der Waals surface area contributed by atoms with Gasteiger partial charge in [-0.3, -0.25) is 4.79 Å². The second kappa shape index (κ2) is 6.35. The summed E-state index contributed by atoms with van der Waals surface area (Å²) >= 11 is 5.85. The normalized spacial score (nSPS) is 20.9. The molecule has 1 aliphatic rings. The molecule has 0 amide bonds. The van der Waals surface area contributed by atoms with Gasteiger partial charge in [0, 0.05) is 23.0 Å². The molecule has 1 heterocycles. The lowest BCUT2D eigenvalue weighted by Gasteiger charge is -2.31. The fourth-order valence-corrected chi connectivity index (χ4v) is 2.76. The zero-order valence-electron chi connectivity index (χ0n) is 10.9. The van der Waals surface area contributed by atoms with Crippen LogP contribution in [-0.4, -0.2) is 30.3 Å². The van der Waals surface area contributed by atoms with Crippen molar-refractivity contribution in [1.82, 2.24) is 4.90 Å². The molecule has 98 valence electrons. The third-order valence-corrected chi connectivity index (χ3v) is 3.80. The molecule has 1 aromatic rings. The molecule has 0 N–H and O–H groups in total. The van der Waals surface area contributed by atoms with Crippen molar-refractivity contribution < 1.29 is 4.79 Å². The lowest BCUT2D eigenvalue weighted by atomic mass is 9.90. The minimum atomic E-state index is 0.159. The molecule has 1 aliphatic heterocycles. The summed E-state index contributed by atoms with van der Waals surface area (Å²) in [4.78, 5) is 14.8. The fraction of sp³-hybridized carbons (Fsp3) is 0.533. The molecule has 1 atom stereocenters. The zero-order chi connectivity index (χ0) is 13.0. The number of Topliss-reactive ketones (excluding diaryl/α,β-unsaturated/α-hetero) is 1. The lowest BCUT2D eigenvalue weighted by Crippen LogP contribution is -2.39. The highest BCUT2D eigenvalue weighted by Crippen LogP contribution is 2.22. The van der Waals surface area contributed by atoms with Gasteiger partial charge in [0.15, 0.2) is 5.78 Å². The van der Waals surface area contributed by atoms with Crippen LogP contribution in [0.4, 0.5) is 0 Å². The summed E-state index contributed by atoms with van der Waals surface area (Å²) in [7, 11) is 0. The summed E-state index contributed by atoms with van der Waals surface area (Å²) in [6.07, 6.45) is 3.30. The minimum absolute atomic E-state index is 0.159. The summed E-state index contributed by atoms with van der Waals surface area (Å²) in [5.74, 6) is 0.430. The van der Waals surface area contributed by atoms with Gasteiger partial charge in [-0.15, -0.1) is 0 Å². The van der Waals surface area contributed by atoms with E-state index in [1.165, 1.54) is 0 Å². The third kappa shape index (κ3) is 3.33. The Labute approximate surface area is 114 Å². The highest BCUT2D eigenvalue weighted by Gasteiger charge is 2.25. The molecule has 0 bridgehead atoms. The molecule has 0 aromatic heterocycles. The maximum absolute atomic E-state index is 12.4. The number of carbonyl (C=O) groups is 1. The van der Waals surface area contributed by atoms with Crippen molar-refractivity contribution >= 4 is 17.4 Å². The number of halogens is 1.